The Labute approximate surface area is 186 Å². The summed E-state index contributed by atoms with van der Waals surface area (Å²) < 4.78 is 44.7. The predicted octanol–water partition coefficient (Wildman–Crippen LogP) is 4.16. The number of hydrogen-bond donors (Lipinski definition) is 2. The second-order valence-electron chi connectivity index (χ2n) is 6.89. The molecule has 3 rings (SSSR count). The molecule has 1 heterocycles. The minimum Gasteiger partial charge on any atom is -0.494 e. The number of para-hydroxylation sites is 1. The van der Waals surface area contributed by atoms with Crippen LogP contribution in [0.4, 0.5) is 24.5 Å². The van der Waals surface area contributed by atoms with E-state index in [1.165, 1.54) is 12.1 Å². The first-order valence-corrected chi connectivity index (χ1v) is 9.88. The highest BCUT2D eigenvalue weighted by Crippen LogP contribution is 2.28. The van der Waals surface area contributed by atoms with Crippen LogP contribution in [-0.2, 0) is 17.5 Å². The van der Waals surface area contributed by atoms with E-state index in [2.05, 4.69) is 10.6 Å². The lowest BCUT2D eigenvalue weighted by Gasteiger charge is -2.13. The van der Waals surface area contributed by atoms with Crippen molar-refractivity contribution in [2.24, 2.45) is 0 Å². The van der Waals surface area contributed by atoms with Crippen LogP contribution < -0.4 is 20.9 Å². The van der Waals surface area contributed by atoms with Crippen LogP contribution in [0, 0.1) is 0 Å². The summed E-state index contributed by atoms with van der Waals surface area (Å²) in [6.07, 6.45) is -4.08. The van der Waals surface area contributed by atoms with Gasteiger partial charge in [-0.25, -0.2) is 0 Å². The van der Waals surface area contributed by atoms with Crippen molar-refractivity contribution < 1.29 is 27.5 Å². The van der Waals surface area contributed by atoms with Crippen molar-refractivity contribution in [3.63, 3.8) is 0 Å². The Morgan fingerprint density at radius 1 is 0.970 bits per heavy atom. The third kappa shape index (κ3) is 6.22. The summed E-state index contributed by atoms with van der Waals surface area (Å²) >= 11 is 0. The summed E-state index contributed by atoms with van der Waals surface area (Å²) in [6, 6.07) is 14.2. The number of ether oxygens (including phenoxy) is 1. The number of benzene rings is 2. The van der Waals surface area contributed by atoms with Gasteiger partial charge in [-0.2, -0.15) is 13.2 Å². The highest BCUT2D eigenvalue weighted by Gasteiger charge is 2.31. The molecule has 0 radical (unpaired) electrons. The molecule has 0 fully saturated rings. The van der Waals surface area contributed by atoms with Gasteiger partial charge in [0.2, 0.25) is 5.91 Å². The average molecular weight is 459 g/mol. The maximum absolute atomic E-state index is 12.9. The molecule has 10 heteroatoms. The Hall–Kier alpha value is -4.08. The van der Waals surface area contributed by atoms with E-state index in [1.807, 2.05) is 6.92 Å². The minimum absolute atomic E-state index is 0.135. The van der Waals surface area contributed by atoms with Crippen molar-refractivity contribution in [3.8, 4) is 5.75 Å². The zero-order valence-corrected chi connectivity index (χ0v) is 17.5. The van der Waals surface area contributed by atoms with Crippen molar-refractivity contribution in [2.45, 2.75) is 19.6 Å². The molecule has 1 aromatic heterocycles. The summed E-state index contributed by atoms with van der Waals surface area (Å²) in [6.45, 7) is 1.70. The Morgan fingerprint density at radius 3 is 2.33 bits per heavy atom. The summed E-state index contributed by atoms with van der Waals surface area (Å²) in [4.78, 5) is 37.0. The second kappa shape index (κ2) is 10.0. The van der Waals surface area contributed by atoms with Crippen molar-refractivity contribution in [1.82, 2.24) is 4.57 Å². The fourth-order valence-electron chi connectivity index (χ4n) is 2.96. The molecule has 0 aliphatic carbocycles. The standard InChI is InChI=1S/C23H20F3N3O4/c1-2-33-17-10-8-16(9-11-17)27-22(32)18-5-3-4-6-19(18)28-20(30)14-29-13-15(23(24,25)26)7-12-21(29)31/h3-13H,2,14H2,1H3,(H,27,32)(H,28,30). The fraction of sp³-hybridized carbons (Fsp3) is 0.174. The van der Waals surface area contributed by atoms with Gasteiger partial charge in [0.05, 0.1) is 23.4 Å². The second-order valence-corrected chi connectivity index (χ2v) is 6.89. The molecule has 0 spiro atoms. The number of rotatable bonds is 7. The van der Waals surface area contributed by atoms with Gasteiger partial charge in [-0.05, 0) is 49.4 Å². The smallest absolute Gasteiger partial charge is 0.417 e. The molecule has 0 saturated carbocycles. The van der Waals surface area contributed by atoms with E-state index in [-0.39, 0.29) is 11.3 Å². The molecular weight excluding hydrogens is 439 g/mol. The molecule has 0 saturated heterocycles. The number of halogens is 3. The lowest BCUT2D eigenvalue weighted by molar-refractivity contribution is -0.138. The van der Waals surface area contributed by atoms with Gasteiger partial charge in [-0.15, -0.1) is 0 Å². The first-order chi connectivity index (χ1) is 15.7. The molecule has 0 aliphatic heterocycles. The van der Waals surface area contributed by atoms with Crippen LogP contribution in [0.1, 0.15) is 22.8 Å². The van der Waals surface area contributed by atoms with Gasteiger partial charge in [0.25, 0.3) is 11.5 Å². The summed E-state index contributed by atoms with van der Waals surface area (Å²) in [5, 5.41) is 5.17. The van der Waals surface area contributed by atoms with Crippen LogP contribution in [0.15, 0.2) is 71.7 Å². The fourth-order valence-corrected chi connectivity index (χ4v) is 2.96. The molecule has 7 nitrogen and oxygen atoms in total. The lowest BCUT2D eigenvalue weighted by atomic mass is 10.1. The van der Waals surface area contributed by atoms with E-state index in [4.69, 9.17) is 4.74 Å². The predicted molar refractivity (Wildman–Crippen MR) is 116 cm³/mol. The van der Waals surface area contributed by atoms with Gasteiger partial charge in [0, 0.05) is 18.0 Å². The maximum Gasteiger partial charge on any atom is 0.417 e. The van der Waals surface area contributed by atoms with Gasteiger partial charge in [-0.3, -0.25) is 14.4 Å². The monoisotopic (exact) mass is 459 g/mol. The van der Waals surface area contributed by atoms with Crippen LogP contribution in [0.25, 0.3) is 0 Å². The number of alkyl halides is 3. The molecule has 0 aliphatic rings. The number of anilines is 2. The van der Waals surface area contributed by atoms with Crippen molar-refractivity contribution in [2.75, 3.05) is 17.2 Å². The quantitative estimate of drug-likeness (QED) is 0.555. The van der Waals surface area contributed by atoms with E-state index in [0.717, 1.165) is 6.07 Å². The van der Waals surface area contributed by atoms with E-state index in [1.54, 1.807) is 36.4 Å². The van der Waals surface area contributed by atoms with Gasteiger partial charge in [0.1, 0.15) is 12.3 Å². The number of hydrogen-bond acceptors (Lipinski definition) is 4. The first kappa shape index (κ1) is 23.6. The summed E-state index contributed by atoms with van der Waals surface area (Å²) in [5.74, 6) is -0.628. The number of pyridine rings is 1. The number of carbonyl (C=O) groups excluding carboxylic acids is 2. The zero-order chi connectivity index (χ0) is 24.0. The molecular formula is C23H20F3N3O4. The number of carbonyl (C=O) groups is 2. The van der Waals surface area contributed by atoms with Crippen LogP contribution in [0.5, 0.6) is 5.75 Å². The van der Waals surface area contributed by atoms with Gasteiger partial charge in [0.15, 0.2) is 0 Å². The number of amides is 2. The molecule has 0 unspecified atom stereocenters. The third-order valence-electron chi connectivity index (χ3n) is 4.49. The zero-order valence-electron chi connectivity index (χ0n) is 17.5. The first-order valence-electron chi connectivity index (χ1n) is 9.88. The van der Waals surface area contributed by atoms with Crippen LogP contribution in [0.3, 0.4) is 0 Å². The molecule has 2 aromatic carbocycles. The van der Waals surface area contributed by atoms with Crippen molar-refractivity contribution in [3.05, 3.63) is 88.3 Å². The number of aromatic nitrogens is 1. The van der Waals surface area contributed by atoms with Crippen LogP contribution in [0.2, 0.25) is 0 Å². The molecule has 172 valence electrons. The van der Waals surface area contributed by atoms with Gasteiger partial charge in [-0.1, -0.05) is 12.1 Å². The van der Waals surface area contributed by atoms with Crippen molar-refractivity contribution >= 4 is 23.2 Å². The highest BCUT2D eigenvalue weighted by atomic mass is 19.4. The number of nitrogens with one attached hydrogen (secondary N) is 2. The molecule has 3 aromatic rings. The Morgan fingerprint density at radius 2 is 1.67 bits per heavy atom. The molecule has 0 atom stereocenters. The van der Waals surface area contributed by atoms with E-state index >= 15 is 0 Å². The Bertz CT molecular complexity index is 1200. The van der Waals surface area contributed by atoms with E-state index < -0.39 is 35.7 Å². The molecule has 2 N–H and O–H groups in total. The SMILES string of the molecule is CCOc1ccc(NC(=O)c2ccccc2NC(=O)Cn2cc(C(F)(F)F)ccc2=O)cc1. The third-order valence-corrected chi connectivity index (χ3v) is 4.49. The Kier molecular flexibility index (Phi) is 7.17. The summed E-state index contributed by atoms with van der Waals surface area (Å²) in [5.41, 5.74) is -1.04. The molecule has 2 amide bonds. The highest BCUT2D eigenvalue weighted by molar-refractivity contribution is 6.10. The van der Waals surface area contributed by atoms with E-state index in [9.17, 15) is 27.6 Å². The van der Waals surface area contributed by atoms with Crippen molar-refractivity contribution in [1.29, 1.82) is 0 Å². The largest absolute Gasteiger partial charge is 0.494 e. The summed E-state index contributed by atoms with van der Waals surface area (Å²) in [7, 11) is 0. The van der Waals surface area contributed by atoms with Gasteiger partial charge < -0.3 is 19.9 Å². The minimum atomic E-state index is -4.66. The van der Waals surface area contributed by atoms with Crippen LogP contribution in [-0.4, -0.2) is 23.0 Å². The van der Waals surface area contributed by atoms with Crippen LogP contribution >= 0.6 is 0 Å². The van der Waals surface area contributed by atoms with Gasteiger partial charge >= 0.3 is 6.18 Å². The number of nitrogens with zero attached hydrogens (tertiary/aromatic N) is 1. The normalized spacial score (nSPS) is 11.0. The molecule has 33 heavy (non-hydrogen) atoms. The molecule has 0 bridgehead atoms. The van der Waals surface area contributed by atoms with E-state index in [0.29, 0.717) is 34.9 Å². The maximum atomic E-state index is 12.9. The Balaban J connectivity index is 1.73. The lowest BCUT2D eigenvalue weighted by Crippen LogP contribution is -2.28. The average Bonchev–Trinajstić information content (AvgIpc) is 2.76. The topological polar surface area (TPSA) is 89.4 Å².